The van der Waals surface area contributed by atoms with Gasteiger partial charge in [0, 0.05) is 7.05 Å². The molecule has 6 heteroatoms. The topological polar surface area (TPSA) is 59.3 Å². The van der Waals surface area contributed by atoms with Crippen LogP contribution >= 0.6 is 11.8 Å². The summed E-state index contributed by atoms with van der Waals surface area (Å²) < 4.78 is 1.96. The highest BCUT2D eigenvalue weighted by atomic mass is 32.2. The van der Waals surface area contributed by atoms with Crippen molar-refractivity contribution >= 4 is 45.6 Å². The molecular formula is C20H18N4OS. The summed E-state index contributed by atoms with van der Waals surface area (Å²) >= 11 is 1.36. The highest BCUT2D eigenvalue weighted by Gasteiger charge is 2.24. The molecule has 4 rings (SSSR count). The number of aliphatic imine (C=N–C) groups is 1. The Hall–Kier alpha value is -2.86. The van der Waals surface area contributed by atoms with Crippen molar-refractivity contribution in [3.63, 3.8) is 0 Å². The predicted molar refractivity (Wildman–Crippen MR) is 107 cm³/mol. The van der Waals surface area contributed by atoms with Gasteiger partial charge in [0.1, 0.15) is 0 Å². The molecule has 1 N–H and O–H groups in total. The Balaban J connectivity index is 1.63. The van der Waals surface area contributed by atoms with Gasteiger partial charge in [-0.25, -0.2) is 9.98 Å². The third-order valence-electron chi connectivity index (χ3n) is 4.27. The Morgan fingerprint density at radius 2 is 2.04 bits per heavy atom. The van der Waals surface area contributed by atoms with Crippen LogP contribution in [0.2, 0.25) is 0 Å². The Bertz CT molecular complexity index is 1090. The lowest BCUT2D eigenvalue weighted by molar-refractivity contribution is -0.115. The number of benzene rings is 2. The Morgan fingerprint density at radius 1 is 1.19 bits per heavy atom. The van der Waals surface area contributed by atoms with E-state index in [0.29, 0.717) is 10.1 Å². The molecule has 3 aromatic rings. The molecule has 1 saturated heterocycles. The zero-order valence-corrected chi connectivity index (χ0v) is 15.6. The number of carbonyl (C=O) groups is 1. The van der Waals surface area contributed by atoms with Crippen molar-refractivity contribution in [3.05, 3.63) is 64.3 Å². The number of carbonyl (C=O) groups excluding carboxylic acids is 1. The first kappa shape index (κ1) is 16.6. The van der Waals surface area contributed by atoms with Crippen LogP contribution in [-0.2, 0) is 11.8 Å². The minimum atomic E-state index is -0.122. The van der Waals surface area contributed by atoms with E-state index in [-0.39, 0.29) is 5.91 Å². The van der Waals surface area contributed by atoms with Crippen LogP contribution in [0.25, 0.3) is 17.1 Å². The number of amidine groups is 1. The number of thioether (sulfide) groups is 1. The molecule has 2 aromatic carbocycles. The minimum absolute atomic E-state index is 0.122. The molecule has 1 aliphatic rings. The van der Waals surface area contributed by atoms with E-state index in [9.17, 15) is 4.79 Å². The van der Waals surface area contributed by atoms with Crippen molar-refractivity contribution in [2.45, 2.75) is 13.8 Å². The Morgan fingerprint density at radius 3 is 2.85 bits per heavy atom. The zero-order chi connectivity index (χ0) is 18.3. The normalized spacial score (nSPS) is 17.4. The van der Waals surface area contributed by atoms with Gasteiger partial charge in [0.15, 0.2) is 5.17 Å². The largest absolute Gasteiger partial charge is 0.334 e. The maximum atomic E-state index is 12.3. The molecule has 1 fully saturated rings. The van der Waals surface area contributed by atoms with Gasteiger partial charge in [0.25, 0.3) is 5.91 Å². The molecule has 26 heavy (non-hydrogen) atoms. The third kappa shape index (κ3) is 3.15. The molecule has 0 unspecified atom stereocenters. The van der Waals surface area contributed by atoms with Crippen LogP contribution in [0, 0.1) is 13.8 Å². The average molecular weight is 362 g/mol. The Labute approximate surface area is 155 Å². The SMILES string of the molecule is Cc1ccc(N=C2NC(=O)/C(=C\c3ccc4ncn(C)c4c3)S2)c(C)c1. The first-order valence-corrected chi connectivity index (χ1v) is 9.09. The first-order valence-electron chi connectivity index (χ1n) is 8.27. The molecule has 0 saturated carbocycles. The van der Waals surface area contributed by atoms with Crippen LogP contribution in [0.15, 0.2) is 52.6 Å². The summed E-state index contributed by atoms with van der Waals surface area (Å²) in [5.74, 6) is -0.122. The van der Waals surface area contributed by atoms with E-state index in [1.807, 2.05) is 54.9 Å². The van der Waals surface area contributed by atoms with Crippen molar-refractivity contribution in [1.29, 1.82) is 0 Å². The molecule has 2 heterocycles. The van der Waals surface area contributed by atoms with E-state index in [0.717, 1.165) is 27.8 Å². The third-order valence-corrected chi connectivity index (χ3v) is 5.18. The predicted octanol–water partition coefficient (Wildman–Crippen LogP) is 4.08. The van der Waals surface area contributed by atoms with Gasteiger partial charge in [-0.05, 0) is 61.0 Å². The molecular weight excluding hydrogens is 344 g/mol. The standard InChI is InChI=1S/C20H18N4OS/c1-12-4-6-15(13(2)8-12)22-20-23-19(25)18(26-20)10-14-5-7-16-17(9-14)24(3)11-21-16/h4-11H,1-3H3,(H,22,23,25)/b18-10+. The van der Waals surface area contributed by atoms with Crippen molar-refractivity contribution in [2.24, 2.45) is 12.0 Å². The summed E-state index contributed by atoms with van der Waals surface area (Å²) in [5, 5.41) is 3.45. The monoisotopic (exact) mass is 362 g/mol. The van der Waals surface area contributed by atoms with E-state index >= 15 is 0 Å². The highest BCUT2D eigenvalue weighted by Crippen LogP contribution is 2.29. The van der Waals surface area contributed by atoms with E-state index in [1.54, 1.807) is 6.33 Å². The van der Waals surface area contributed by atoms with Crippen molar-refractivity contribution in [2.75, 3.05) is 0 Å². The number of nitrogens with zero attached hydrogens (tertiary/aromatic N) is 3. The van der Waals surface area contributed by atoms with Crippen molar-refractivity contribution < 1.29 is 4.79 Å². The van der Waals surface area contributed by atoms with Gasteiger partial charge in [-0.15, -0.1) is 0 Å². The van der Waals surface area contributed by atoms with Crippen molar-refractivity contribution in [3.8, 4) is 0 Å². The number of hydrogen-bond acceptors (Lipinski definition) is 4. The van der Waals surface area contributed by atoms with E-state index in [4.69, 9.17) is 0 Å². The fourth-order valence-electron chi connectivity index (χ4n) is 2.91. The lowest BCUT2D eigenvalue weighted by atomic mass is 10.1. The lowest BCUT2D eigenvalue weighted by Gasteiger charge is -2.02. The lowest BCUT2D eigenvalue weighted by Crippen LogP contribution is -2.19. The molecule has 130 valence electrons. The van der Waals surface area contributed by atoms with Gasteiger partial charge in [0.05, 0.1) is 28.0 Å². The maximum Gasteiger partial charge on any atom is 0.264 e. The minimum Gasteiger partial charge on any atom is -0.334 e. The Kier molecular flexibility index (Phi) is 4.12. The second-order valence-electron chi connectivity index (χ2n) is 6.38. The summed E-state index contributed by atoms with van der Waals surface area (Å²) in [5.41, 5.74) is 6.09. The number of aryl methyl sites for hydroxylation is 3. The van der Waals surface area contributed by atoms with Gasteiger partial charge < -0.3 is 9.88 Å². The first-order chi connectivity index (χ1) is 12.5. The second kappa shape index (κ2) is 6.46. The summed E-state index contributed by atoms with van der Waals surface area (Å²) in [6.07, 6.45) is 3.67. The summed E-state index contributed by atoms with van der Waals surface area (Å²) in [6, 6.07) is 12.0. The molecule has 1 amide bonds. The molecule has 0 radical (unpaired) electrons. The highest BCUT2D eigenvalue weighted by molar-refractivity contribution is 8.18. The molecule has 5 nitrogen and oxygen atoms in total. The van der Waals surface area contributed by atoms with E-state index in [2.05, 4.69) is 28.3 Å². The van der Waals surface area contributed by atoms with Gasteiger partial charge >= 0.3 is 0 Å². The van der Waals surface area contributed by atoms with Crippen LogP contribution in [0.3, 0.4) is 0 Å². The van der Waals surface area contributed by atoms with Gasteiger partial charge in [-0.2, -0.15) is 0 Å². The summed E-state index contributed by atoms with van der Waals surface area (Å²) in [7, 11) is 1.96. The van der Waals surface area contributed by atoms with Crippen LogP contribution in [0.4, 0.5) is 5.69 Å². The number of fused-ring (bicyclic) bond motifs is 1. The van der Waals surface area contributed by atoms with E-state index < -0.39 is 0 Å². The second-order valence-corrected chi connectivity index (χ2v) is 7.41. The zero-order valence-electron chi connectivity index (χ0n) is 14.8. The maximum absolute atomic E-state index is 12.3. The van der Waals surface area contributed by atoms with Crippen LogP contribution in [0.1, 0.15) is 16.7 Å². The summed E-state index contributed by atoms with van der Waals surface area (Å²) in [4.78, 5) is 21.8. The fourth-order valence-corrected chi connectivity index (χ4v) is 3.74. The summed E-state index contributed by atoms with van der Waals surface area (Å²) in [6.45, 7) is 4.07. The molecule has 1 aromatic heterocycles. The number of nitrogens with one attached hydrogen (secondary N) is 1. The average Bonchev–Trinajstić information content (AvgIpc) is 3.14. The van der Waals surface area contributed by atoms with Crippen LogP contribution in [-0.4, -0.2) is 20.6 Å². The molecule has 0 aliphatic carbocycles. The van der Waals surface area contributed by atoms with Gasteiger partial charge in [-0.1, -0.05) is 23.8 Å². The number of hydrogen-bond donors (Lipinski definition) is 1. The molecule has 0 spiro atoms. The van der Waals surface area contributed by atoms with Crippen LogP contribution in [0.5, 0.6) is 0 Å². The fraction of sp³-hybridized carbons (Fsp3) is 0.150. The number of aromatic nitrogens is 2. The number of amides is 1. The smallest absolute Gasteiger partial charge is 0.264 e. The van der Waals surface area contributed by atoms with E-state index in [1.165, 1.54) is 17.3 Å². The number of rotatable bonds is 2. The molecule has 1 aliphatic heterocycles. The van der Waals surface area contributed by atoms with Crippen molar-refractivity contribution in [1.82, 2.24) is 14.9 Å². The van der Waals surface area contributed by atoms with Gasteiger partial charge in [0.2, 0.25) is 0 Å². The van der Waals surface area contributed by atoms with Gasteiger partial charge in [-0.3, -0.25) is 4.79 Å². The molecule has 0 bridgehead atoms. The van der Waals surface area contributed by atoms with Crippen LogP contribution < -0.4 is 5.32 Å². The molecule has 0 atom stereocenters. The number of imidazole rings is 1. The quantitative estimate of drug-likeness (QED) is 0.699.